The molecule has 0 saturated heterocycles. The smallest absolute Gasteiger partial charge is 0.407 e. The standard InChI is InChI=1S/C18H31N5O4S.HI/c1-18(2,3)27-17(24)21-12-11-20-16(19-4)22-13-14-9-7-8-10-15(14)28(25,26)23(5)6;/h7-10H,11-13H2,1-6H3,(H,21,24)(H2,19,20,22);1H. The van der Waals surface area contributed by atoms with E-state index in [0.717, 1.165) is 0 Å². The number of aliphatic imine (C=N–C) groups is 1. The van der Waals surface area contributed by atoms with E-state index in [1.165, 1.54) is 18.4 Å². The molecule has 0 aliphatic heterocycles. The Morgan fingerprint density at radius 3 is 2.24 bits per heavy atom. The van der Waals surface area contributed by atoms with Gasteiger partial charge >= 0.3 is 6.09 Å². The normalized spacial score (nSPS) is 12.2. The second-order valence-corrected chi connectivity index (χ2v) is 9.30. The van der Waals surface area contributed by atoms with E-state index in [-0.39, 0.29) is 35.4 Å². The number of alkyl carbamates (subject to hydrolysis) is 1. The van der Waals surface area contributed by atoms with Crippen LogP contribution in [0.25, 0.3) is 0 Å². The number of benzene rings is 1. The third-order valence-corrected chi connectivity index (χ3v) is 5.40. The average Bonchev–Trinajstić information content (AvgIpc) is 2.59. The Hall–Kier alpha value is -1.60. The topological polar surface area (TPSA) is 112 Å². The molecule has 0 spiro atoms. The lowest BCUT2D eigenvalue weighted by molar-refractivity contribution is 0.0529. The summed E-state index contributed by atoms with van der Waals surface area (Å²) in [5.41, 5.74) is 0.0843. The molecule has 0 aliphatic carbocycles. The van der Waals surface area contributed by atoms with E-state index in [9.17, 15) is 13.2 Å². The molecule has 0 heterocycles. The third-order valence-electron chi connectivity index (χ3n) is 3.49. The predicted molar refractivity (Wildman–Crippen MR) is 125 cm³/mol. The second kappa shape index (κ2) is 12.2. The first kappa shape index (κ1) is 27.4. The summed E-state index contributed by atoms with van der Waals surface area (Å²) in [6.07, 6.45) is -0.486. The molecule has 0 saturated carbocycles. The van der Waals surface area contributed by atoms with Crippen molar-refractivity contribution in [2.45, 2.75) is 37.8 Å². The van der Waals surface area contributed by atoms with E-state index in [2.05, 4.69) is 20.9 Å². The zero-order valence-corrected chi connectivity index (χ0v) is 20.9. The molecule has 166 valence electrons. The maximum atomic E-state index is 12.4. The van der Waals surface area contributed by atoms with Crippen LogP contribution in [0.15, 0.2) is 34.2 Å². The highest BCUT2D eigenvalue weighted by atomic mass is 127. The van der Waals surface area contributed by atoms with Gasteiger partial charge < -0.3 is 20.7 Å². The summed E-state index contributed by atoms with van der Waals surface area (Å²) in [5, 5.41) is 8.77. The van der Waals surface area contributed by atoms with Crippen LogP contribution in [0.5, 0.6) is 0 Å². The molecule has 1 aromatic rings. The van der Waals surface area contributed by atoms with Gasteiger partial charge in [-0.2, -0.15) is 0 Å². The quantitative estimate of drug-likeness (QED) is 0.210. The SMILES string of the molecule is CN=C(NCCNC(=O)OC(C)(C)C)NCc1ccccc1S(=O)(=O)N(C)C.I. The number of nitrogens with one attached hydrogen (secondary N) is 3. The van der Waals surface area contributed by atoms with E-state index in [4.69, 9.17) is 4.74 Å². The van der Waals surface area contributed by atoms with Crippen LogP contribution < -0.4 is 16.0 Å². The number of nitrogens with zero attached hydrogens (tertiary/aromatic N) is 2. The summed E-state index contributed by atoms with van der Waals surface area (Å²) in [5.74, 6) is 0.489. The fraction of sp³-hybridized carbons (Fsp3) is 0.556. The fourth-order valence-corrected chi connectivity index (χ4v) is 3.27. The highest BCUT2D eigenvalue weighted by Gasteiger charge is 2.20. The molecule has 0 radical (unpaired) electrons. The van der Waals surface area contributed by atoms with E-state index in [1.807, 2.05) is 0 Å². The number of guanidine groups is 1. The van der Waals surface area contributed by atoms with Crippen LogP contribution in [0.3, 0.4) is 0 Å². The van der Waals surface area contributed by atoms with Gasteiger partial charge in [0.2, 0.25) is 10.0 Å². The van der Waals surface area contributed by atoms with Crippen LogP contribution in [0, 0.1) is 0 Å². The van der Waals surface area contributed by atoms with Crippen molar-refractivity contribution in [1.29, 1.82) is 0 Å². The Morgan fingerprint density at radius 1 is 1.10 bits per heavy atom. The van der Waals surface area contributed by atoms with Crippen LogP contribution in [0.1, 0.15) is 26.3 Å². The summed E-state index contributed by atoms with van der Waals surface area (Å²) in [4.78, 5) is 15.9. The number of amides is 1. The van der Waals surface area contributed by atoms with Crippen molar-refractivity contribution in [3.8, 4) is 0 Å². The zero-order valence-electron chi connectivity index (χ0n) is 17.8. The molecular formula is C18H32IN5O4S. The highest BCUT2D eigenvalue weighted by Crippen LogP contribution is 2.18. The lowest BCUT2D eigenvalue weighted by atomic mass is 10.2. The number of ether oxygens (including phenoxy) is 1. The highest BCUT2D eigenvalue weighted by molar-refractivity contribution is 14.0. The maximum Gasteiger partial charge on any atom is 0.407 e. The van der Waals surface area contributed by atoms with Crippen LogP contribution in [0.2, 0.25) is 0 Å². The largest absolute Gasteiger partial charge is 0.444 e. The number of halogens is 1. The molecule has 0 fully saturated rings. The van der Waals surface area contributed by atoms with Crippen LogP contribution in [-0.4, -0.2) is 64.6 Å². The van der Waals surface area contributed by atoms with Crippen LogP contribution >= 0.6 is 24.0 Å². The molecule has 1 rings (SSSR count). The van der Waals surface area contributed by atoms with Crippen molar-refractivity contribution >= 4 is 46.1 Å². The van der Waals surface area contributed by atoms with Gasteiger partial charge in [0, 0.05) is 40.8 Å². The number of sulfonamides is 1. The van der Waals surface area contributed by atoms with Gasteiger partial charge in [-0.15, -0.1) is 24.0 Å². The molecule has 0 bridgehead atoms. The molecule has 1 aromatic carbocycles. The molecule has 0 aliphatic rings. The van der Waals surface area contributed by atoms with Crippen molar-refractivity contribution in [3.05, 3.63) is 29.8 Å². The summed E-state index contributed by atoms with van der Waals surface area (Å²) in [7, 11) is 1.07. The van der Waals surface area contributed by atoms with Crippen molar-refractivity contribution in [2.24, 2.45) is 4.99 Å². The molecule has 29 heavy (non-hydrogen) atoms. The van der Waals surface area contributed by atoms with Crippen molar-refractivity contribution in [1.82, 2.24) is 20.3 Å². The number of carbonyl (C=O) groups is 1. The molecule has 3 N–H and O–H groups in total. The summed E-state index contributed by atoms with van der Waals surface area (Å²) < 4.78 is 31.2. The van der Waals surface area contributed by atoms with Gasteiger partial charge in [-0.05, 0) is 32.4 Å². The Labute approximate surface area is 190 Å². The molecule has 1 amide bonds. The minimum atomic E-state index is -3.54. The Morgan fingerprint density at radius 2 is 1.69 bits per heavy atom. The Balaban J connectivity index is 0.00000784. The molecule has 0 aromatic heterocycles. The first-order valence-electron chi connectivity index (χ1n) is 8.89. The summed E-state index contributed by atoms with van der Waals surface area (Å²) in [6, 6.07) is 6.80. The van der Waals surface area contributed by atoms with Gasteiger partial charge in [0.1, 0.15) is 5.60 Å². The maximum absolute atomic E-state index is 12.4. The van der Waals surface area contributed by atoms with E-state index in [1.54, 1.807) is 52.1 Å². The fourth-order valence-electron chi connectivity index (χ4n) is 2.16. The third kappa shape index (κ3) is 9.63. The van der Waals surface area contributed by atoms with E-state index < -0.39 is 21.7 Å². The van der Waals surface area contributed by atoms with Gasteiger partial charge in [0.25, 0.3) is 0 Å². The minimum absolute atomic E-state index is 0. The van der Waals surface area contributed by atoms with Crippen molar-refractivity contribution in [2.75, 3.05) is 34.2 Å². The molecular weight excluding hydrogens is 509 g/mol. The monoisotopic (exact) mass is 541 g/mol. The first-order valence-corrected chi connectivity index (χ1v) is 10.3. The second-order valence-electron chi connectivity index (χ2n) is 7.18. The van der Waals surface area contributed by atoms with Gasteiger partial charge in [-0.1, -0.05) is 18.2 Å². The van der Waals surface area contributed by atoms with Gasteiger partial charge in [-0.3, -0.25) is 4.99 Å². The van der Waals surface area contributed by atoms with Gasteiger partial charge in [0.05, 0.1) is 4.90 Å². The van der Waals surface area contributed by atoms with Crippen molar-refractivity contribution < 1.29 is 17.9 Å². The van der Waals surface area contributed by atoms with E-state index >= 15 is 0 Å². The van der Waals surface area contributed by atoms with Gasteiger partial charge in [0.15, 0.2) is 5.96 Å². The van der Waals surface area contributed by atoms with Crippen LogP contribution in [-0.2, 0) is 21.3 Å². The van der Waals surface area contributed by atoms with Crippen molar-refractivity contribution in [3.63, 3.8) is 0 Å². The number of carbonyl (C=O) groups excluding carboxylic acids is 1. The first-order chi connectivity index (χ1) is 13.0. The molecule has 9 nitrogen and oxygen atoms in total. The Kier molecular flexibility index (Phi) is 11.5. The minimum Gasteiger partial charge on any atom is -0.444 e. The molecule has 0 unspecified atom stereocenters. The average molecular weight is 541 g/mol. The lowest BCUT2D eigenvalue weighted by Crippen LogP contribution is -2.42. The summed E-state index contributed by atoms with van der Waals surface area (Å²) >= 11 is 0. The predicted octanol–water partition coefficient (Wildman–Crippen LogP) is 1.74. The van der Waals surface area contributed by atoms with Crippen LogP contribution in [0.4, 0.5) is 4.79 Å². The van der Waals surface area contributed by atoms with Gasteiger partial charge in [-0.25, -0.2) is 17.5 Å². The number of hydrogen-bond donors (Lipinski definition) is 3. The zero-order chi connectivity index (χ0) is 21.4. The molecule has 11 heteroatoms. The summed E-state index contributed by atoms with van der Waals surface area (Å²) in [6.45, 7) is 6.45. The Bertz CT molecular complexity index is 792. The molecule has 0 atom stereocenters. The number of rotatable bonds is 7. The van der Waals surface area contributed by atoms with E-state index in [0.29, 0.717) is 24.6 Å². The lowest BCUT2D eigenvalue weighted by Gasteiger charge is -2.20. The number of hydrogen-bond acceptors (Lipinski definition) is 5.